The molecule has 0 N–H and O–H groups in total. The minimum atomic E-state index is -0.374. The van der Waals surface area contributed by atoms with Crippen molar-refractivity contribution >= 4 is 11.9 Å². The first-order chi connectivity index (χ1) is 9.45. The van der Waals surface area contributed by atoms with E-state index in [4.69, 9.17) is 9.47 Å². The van der Waals surface area contributed by atoms with Crippen molar-refractivity contribution in [3.63, 3.8) is 0 Å². The van der Waals surface area contributed by atoms with Crippen LogP contribution in [-0.4, -0.2) is 24.6 Å². The van der Waals surface area contributed by atoms with Gasteiger partial charge in [-0.1, -0.05) is 13.3 Å². The summed E-state index contributed by atoms with van der Waals surface area (Å²) in [6, 6.07) is 0. The number of cyclic esters (lactones) is 1. The molecule has 0 spiro atoms. The molecule has 0 aromatic heterocycles. The molecule has 0 radical (unpaired) electrons. The van der Waals surface area contributed by atoms with Crippen molar-refractivity contribution < 1.29 is 19.1 Å². The lowest BCUT2D eigenvalue weighted by atomic mass is 9.48. The minimum Gasteiger partial charge on any atom is -0.461 e. The third kappa shape index (κ3) is 1.32. The SMILES string of the molecule is C[C@@]12CCC[C@]3(C)C(=O)OC(C=C4COC(=O)CC41)C23. The fourth-order valence-electron chi connectivity index (χ4n) is 5.34. The van der Waals surface area contributed by atoms with Gasteiger partial charge in [-0.2, -0.15) is 0 Å². The van der Waals surface area contributed by atoms with Crippen LogP contribution in [0.25, 0.3) is 0 Å². The lowest BCUT2D eigenvalue weighted by molar-refractivity contribution is -0.152. The van der Waals surface area contributed by atoms with Gasteiger partial charge in [0.25, 0.3) is 0 Å². The number of hydrogen-bond acceptors (Lipinski definition) is 4. The standard InChI is InChI=1S/C16H20O4/c1-15-4-3-5-16(2)13(15)11(20-14(16)18)6-9-8-19-12(17)7-10(9)15/h6,10-11,13H,3-5,7-8H2,1-2H3/t10?,11?,13?,15-,16+/m1/s1. The second kappa shape index (κ2) is 3.66. The van der Waals surface area contributed by atoms with Gasteiger partial charge in [0.05, 0.1) is 11.8 Å². The molecule has 2 saturated heterocycles. The zero-order valence-corrected chi connectivity index (χ0v) is 12.0. The average Bonchev–Trinajstić information content (AvgIpc) is 2.64. The molecule has 4 aliphatic rings. The van der Waals surface area contributed by atoms with Crippen LogP contribution in [0.15, 0.2) is 11.6 Å². The lowest BCUT2D eigenvalue weighted by Gasteiger charge is -2.54. The van der Waals surface area contributed by atoms with Crippen LogP contribution in [0.2, 0.25) is 0 Å². The summed E-state index contributed by atoms with van der Waals surface area (Å²) in [5.74, 6) is 0.264. The van der Waals surface area contributed by atoms with Crippen LogP contribution in [0.1, 0.15) is 39.5 Å². The Hall–Kier alpha value is -1.32. The van der Waals surface area contributed by atoms with Crippen LogP contribution in [0.3, 0.4) is 0 Å². The Labute approximate surface area is 118 Å². The monoisotopic (exact) mass is 276 g/mol. The molecule has 2 aliphatic carbocycles. The van der Waals surface area contributed by atoms with Gasteiger partial charge in [-0.05, 0) is 42.7 Å². The van der Waals surface area contributed by atoms with Crippen LogP contribution >= 0.6 is 0 Å². The normalized spacial score (nSPS) is 49.7. The first-order valence-electron chi connectivity index (χ1n) is 7.52. The number of fused-ring (bicyclic) bond motifs is 2. The fourth-order valence-corrected chi connectivity index (χ4v) is 5.34. The molecule has 2 aliphatic heterocycles. The maximum atomic E-state index is 12.3. The van der Waals surface area contributed by atoms with E-state index in [0.717, 1.165) is 24.8 Å². The first kappa shape index (κ1) is 12.4. The molecule has 0 aromatic carbocycles. The van der Waals surface area contributed by atoms with Crippen molar-refractivity contribution in [2.75, 3.05) is 6.61 Å². The third-order valence-electron chi connectivity index (χ3n) is 6.24. The van der Waals surface area contributed by atoms with E-state index in [1.54, 1.807) is 0 Å². The molecule has 3 fully saturated rings. The van der Waals surface area contributed by atoms with Crippen LogP contribution in [-0.2, 0) is 19.1 Å². The highest BCUT2D eigenvalue weighted by molar-refractivity contribution is 5.81. The highest BCUT2D eigenvalue weighted by Crippen LogP contribution is 2.64. The van der Waals surface area contributed by atoms with Crippen LogP contribution in [0, 0.1) is 22.7 Å². The molecule has 0 aromatic rings. The van der Waals surface area contributed by atoms with Gasteiger partial charge in [0, 0.05) is 5.92 Å². The average molecular weight is 276 g/mol. The molecule has 1 saturated carbocycles. The summed E-state index contributed by atoms with van der Waals surface area (Å²) in [5, 5.41) is 0. The smallest absolute Gasteiger partial charge is 0.312 e. The summed E-state index contributed by atoms with van der Waals surface area (Å²) in [6.45, 7) is 4.67. The van der Waals surface area contributed by atoms with E-state index in [2.05, 4.69) is 19.9 Å². The van der Waals surface area contributed by atoms with Gasteiger partial charge in [-0.15, -0.1) is 0 Å². The zero-order chi connectivity index (χ0) is 14.1. The maximum Gasteiger partial charge on any atom is 0.312 e. The molecule has 4 heteroatoms. The van der Waals surface area contributed by atoms with Gasteiger partial charge in [0.2, 0.25) is 0 Å². The van der Waals surface area contributed by atoms with Gasteiger partial charge >= 0.3 is 11.9 Å². The number of carbonyl (C=O) groups is 2. The second-order valence-corrected chi connectivity index (χ2v) is 7.28. The summed E-state index contributed by atoms with van der Waals surface area (Å²) in [6.07, 6.45) is 5.40. The largest absolute Gasteiger partial charge is 0.461 e. The van der Waals surface area contributed by atoms with Crippen molar-refractivity contribution in [1.29, 1.82) is 0 Å². The van der Waals surface area contributed by atoms with E-state index in [1.165, 1.54) is 0 Å². The number of ether oxygens (including phenoxy) is 2. The van der Waals surface area contributed by atoms with E-state index in [9.17, 15) is 9.59 Å². The molecular formula is C16H20O4. The van der Waals surface area contributed by atoms with E-state index in [-0.39, 0.29) is 40.7 Å². The van der Waals surface area contributed by atoms with Crippen molar-refractivity contribution in [2.24, 2.45) is 22.7 Å². The molecular weight excluding hydrogens is 256 g/mol. The Balaban J connectivity index is 1.85. The van der Waals surface area contributed by atoms with Gasteiger partial charge in [0.15, 0.2) is 0 Å². The highest BCUT2D eigenvalue weighted by atomic mass is 16.6. The Morgan fingerprint density at radius 3 is 2.85 bits per heavy atom. The highest BCUT2D eigenvalue weighted by Gasteiger charge is 2.66. The summed E-state index contributed by atoms with van der Waals surface area (Å²) >= 11 is 0. The maximum absolute atomic E-state index is 12.3. The third-order valence-corrected chi connectivity index (χ3v) is 6.24. The van der Waals surface area contributed by atoms with Gasteiger partial charge in [0.1, 0.15) is 12.7 Å². The predicted molar refractivity (Wildman–Crippen MR) is 70.6 cm³/mol. The number of esters is 2. The van der Waals surface area contributed by atoms with E-state index < -0.39 is 0 Å². The molecule has 2 heterocycles. The Kier molecular flexibility index (Phi) is 2.27. The lowest BCUT2D eigenvalue weighted by Crippen LogP contribution is -2.54. The van der Waals surface area contributed by atoms with Gasteiger partial charge < -0.3 is 9.47 Å². The molecule has 4 rings (SSSR count). The predicted octanol–water partition coefficient (Wildman–Crippen LogP) is 2.23. The Morgan fingerprint density at radius 2 is 2.05 bits per heavy atom. The Morgan fingerprint density at radius 1 is 1.25 bits per heavy atom. The topological polar surface area (TPSA) is 52.6 Å². The van der Waals surface area contributed by atoms with Crippen molar-refractivity contribution in [3.05, 3.63) is 11.6 Å². The molecule has 0 bridgehead atoms. The van der Waals surface area contributed by atoms with Gasteiger partial charge in [-0.25, -0.2) is 0 Å². The summed E-state index contributed by atoms with van der Waals surface area (Å²) < 4.78 is 10.9. The van der Waals surface area contributed by atoms with Crippen LogP contribution < -0.4 is 0 Å². The zero-order valence-electron chi connectivity index (χ0n) is 12.0. The van der Waals surface area contributed by atoms with Crippen molar-refractivity contribution in [3.8, 4) is 0 Å². The van der Waals surface area contributed by atoms with E-state index >= 15 is 0 Å². The minimum absolute atomic E-state index is 0.0205. The van der Waals surface area contributed by atoms with Crippen molar-refractivity contribution in [1.82, 2.24) is 0 Å². The number of rotatable bonds is 0. The summed E-state index contributed by atoms with van der Waals surface area (Å²) in [5.41, 5.74) is 0.765. The summed E-state index contributed by atoms with van der Waals surface area (Å²) in [7, 11) is 0. The first-order valence-corrected chi connectivity index (χ1v) is 7.52. The van der Waals surface area contributed by atoms with E-state index in [0.29, 0.717) is 13.0 Å². The number of carbonyl (C=O) groups excluding carboxylic acids is 2. The molecule has 4 nitrogen and oxygen atoms in total. The fraction of sp³-hybridized carbons (Fsp3) is 0.750. The summed E-state index contributed by atoms with van der Waals surface area (Å²) in [4.78, 5) is 24.0. The van der Waals surface area contributed by atoms with E-state index in [1.807, 2.05) is 0 Å². The van der Waals surface area contributed by atoms with Crippen LogP contribution in [0.5, 0.6) is 0 Å². The molecule has 5 atom stereocenters. The molecule has 20 heavy (non-hydrogen) atoms. The van der Waals surface area contributed by atoms with Gasteiger partial charge in [-0.3, -0.25) is 9.59 Å². The quantitative estimate of drug-likeness (QED) is 0.503. The molecule has 0 amide bonds. The molecule has 3 unspecified atom stereocenters. The molecule has 108 valence electrons. The van der Waals surface area contributed by atoms with Crippen LogP contribution in [0.4, 0.5) is 0 Å². The second-order valence-electron chi connectivity index (χ2n) is 7.28. The number of hydrogen-bond donors (Lipinski definition) is 0. The van der Waals surface area contributed by atoms with Crippen molar-refractivity contribution in [2.45, 2.75) is 45.6 Å². The Bertz CT molecular complexity index is 537.